The van der Waals surface area contributed by atoms with Crippen molar-refractivity contribution in [3.8, 4) is 11.6 Å². The number of aromatic nitrogens is 1. The molecule has 2 rings (SSSR count). The molecule has 0 unspecified atom stereocenters. The quantitative estimate of drug-likeness (QED) is 0.674. The van der Waals surface area contributed by atoms with E-state index in [4.69, 9.17) is 4.74 Å². The average Bonchev–Trinajstić information content (AvgIpc) is 2.39. The van der Waals surface area contributed by atoms with Gasteiger partial charge in [0.15, 0.2) is 0 Å². The van der Waals surface area contributed by atoms with E-state index in [2.05, 4.69) is 10.3 Å². The Morgan fingerprint density at radius 3 is 2.47 bits per heavy atom. The third-order valence-electron chi connectivity index (χ3n) is 2.53. The van der Waals surface area contributed by atoms with E-state index in [9.17, 15) is 10.1 Å². The van der Waals surface area contributed by atoms with Crippen molar-refractivity contribution >= 4 is 11.4 Å². The number of benzene rings is 1. The predicted molar refractivity (Wildman–Crippen MR) is 71.7 cm³/mol. The zero-order chi connectivity index (χ0) is 13.8. The minimum atomic E-state index is -0.510. The van der Waals surface area contributed by atoms with Gasteiger partial charge in [-0.05, 0) is 37.3 Å². The Morgan fingerprint density at radius 2 is 1.89 bits per heavy atom. The van der Waals surface area contributed by atoms with E-state index in [0.29, 0.717) is 11.4 Å². The Labute approximate surface area is 110 Å². The van der Waals surface area contributed by atoms with Crippen LogP contribution in [0, 0.1) is 17.0 Å². The maximum atomic E-state index is 10.9. The largest absolute Gasteiger partial charge is 0.434 e. The first-order valence-electron chi connectivity index (χ1n) is 5.68. The minimum Gasteiger partial charge on any atom is -0.434 e. The monoisotopic (exact) mass is 259 g/mol. The molecule has 0 fully saturated rings. The van der Waals surface area contributed by atoms with E-state index >= 15 is 0 Å². The lowest BCUT2D eigenvalue weighted by Gasteiger charge is -2.07. The van der Waals surface area contributed by atoms with Gasteiger partial charge in [-0.15, -0.1) is 0 Å². The second-order valence-corrected chi connectivity index (χ2v) is 3.91. The van der Waals surface area contributed by atoms with Crippen molar-refractivity contribution in [3.63, 3.8) is 0 Å². The van der Waals surface area contributed by atoms with Crippen LogP contribution in [0.2, 0.25) is 0 Å². The Bertz CT molecular complexity index is 597. The van der Waals surface area contributed by atoms with Gasteiger partial charge >= 0.3 is 5.69 Å². The summed E-state index contributed by atoms with van der Waals surface area (Å²) in [7, 11) is 1.81. The van der Waals surface area contributed by atoms with Gasteiger partial charge in [0.2, 0.25) is 0 Å². The lowest BCUT2D eigenvalue weighted by molar-refractivity contribution is -0.386. The van der Waals surface area contributed by atoms with E-state index in [0.717, 1.165) is 5.69 Å². The topological polar surface area (TPSA) is 77.3 Å². The number of pyridine rings is 1. The highest BCUT2D eigenvalue weighted by Gasteiger charge is 2.17. The molecule has 19 heavy (non-hydrogen) atoms. The summed E-state index contributed by atoms with van der Waals surface area (Å²) < 4.78 is 5.47. The number of rotatable bonds is 4. The molecule has 0 radical (unpaired) electrons. The van der Waals surface area contributed by atoms with Crippen LogP contribution in [-0.4, -0.2) is 17.0 Å². The molecule has 0 aliphatic rings. The highest BCUT2D eigenvalue weighted by molar-refractivity contribution is 5.48. The predicted octanol–water partition coefficient (Wildman–Crippen LogP) is 3.13. The van der Waals surface area contributed by atoms with Crippen LogP contribution < -0.4 is 10.1 Å². The summed E-state index contributed by atoms with van der Waals surface area (Å²) in [6.45, 7) is 1.75. The normalized spacial score (nSPS) is 10.0. The van der Waals surface area contributed by atoms with Gasteiger partial charge in [-0.1, -0.05) is 0 Å². The molecule has 0 spiro atoms. The Kier molecular flexibility index (Phi) is 3.61. The van der Waals surface area contributed by atoms with E-state index in [1.807, 2.05) is 19.2 Å². The lowest BCUT2D eigenvalue weighted by Crippen LogP contribution is -1.97. The van der Waals surface area contributed by atoms with E-state index in [-0.39, 0.29) is 11.6 Å². The fraction of sp³-hybridized carbons (Fsp3) is 0.154. The van der Waals surface area contributed by atoms with Crippen LogP contribution in [-0.2, 0) is 0 Å². The Hall–Kier alpha value is -2.63. The van der Waals surface area contributed by atoms with Crippen LogP contribution in [0.1, 0.15) is 5.69 Å². The van der Waals surface area contributed by atoms with Gasteiger partial charge in [0, 0.05) is 24.5 Å². The van der Waals surface area contributed by atoms with Gasteiger partial charge in [0.25, 0.3) is 5.88 Å². The SMILES string of the molecule is CNc1ccc(Oc2nc(C)ccc2[N+](=O)[O-])cc1. The molecule has 1 aromatic heterocycles. The summed E-state index contributed by atoms with van der Waals surface area (Å²) in [6, 6.07) is 10.0. The molecule has 0 aliphatic carbocycles. The second-order valence-electron chi connectivity index (χ2n) is 3.91. The number of hydrogen-bond acceptors (Lipinski definition) is 5. The zero-order valence-corrected chi connectivity index (χ0v) is 10.6. The van der Waals surface area contributed by atoms with Crippen molar-refractivity contribution in [2.75, 3.05) is 12.4 Å². The molecular formula is C13H13N3O3. The van der Waals surface area contributed by atoms with Gasteiger partial charge in [-0.3, -0.25) is 10.1 Å². The van der Waals surface area contributed by atoms with Gasteiger partial charge in [0.1, 0.15) is 5.75 Å². The molecule has 0 atom stereocenters. The molecule has 2 aromatic rings. The van der Waals surface area contributed by atoms with Crippen LogP contribution in [0.5, 0.6) is 11.6 Å². The fourth-order valence-corrected chi connectivity index (χ4v) is 1.54. The molecule has 0 amide bonds. The van der Waals surface area contributed by atoms with E-state index < -0.39 is 4.92 Å². The van der Waals surface area contributed by atoms with E-state index in [1.165, 1.54) is 6.07 Å². The lowest BCUT2D eigenvalue weighted by atomic mass is 10.3. The maximum Gasteiger partial charge on any atom is 0.331 e. The molecule has 98 valence electrons. The minimum absolute atomic E-state index is 0.00204. The highest BCUT2D eigenvalue weighted by atomic mass is 16.6. The van der Waals surface area contributed by atoms with Crippen molar-refractivity contribution in [1.82, 2.24) is 4.98 Å². The molecule has 1 aromatic carbocycles. The smallest absolute Gasteiger partial charge is 0.331 e. The average molecular weight is 259 g/mol. The number of ether oxygens (including phenoxy) is 1. The molecule has 0 saturated heterocycles. The fourth-order valence-electron chi connectivity index (χ4n) is 1.54. The summed E-state index contributed by atoms with van der Waals surface area (Å²) in [4.78, 5) is 14.4. The standard InChI is InChI=1S/C13H13N3O3/c1-9-3-8-12(16(17)18)13(15-9)19-11-6-4-10(14-2)5-7-11/h3-8,14H,1-2H3. The summed E-state index contributed by atoms with van der Waals surface area (Å²) in [5.74, 6) is 0.502. The van der Waals surface area contributed by atoms with Gasteiger partial charge in [-0.2, -0.15) is 0 Å². The van der Waals surface area contributed by atoms with Crippen molar-refractivity contribution in [1.29, 1.82) is 0 Å². The summed E-state index contributed by atoms with van der Waals surface area (Å²) in [5, 5.41) is 13.9. The van der Waals surface area contributed by atoms with Crippen LogP contribution in [0.15, 0.2) is 36.4 Å². The zero-order valence-electron chi connectivity index (χ0n) is 10.6. The van der Waals surface area contributed by atoms with Crippen molar-refractivity contribution in [2.24, 2.45) is 0 Å². The number of nitro groups is 1. The van der Waals surface area contributed by atoms with Crippen LogP contribution in [0.25, 0.3) is 0 Å². The van der Waals surface area contributed by atoms with Crippen LogP contribution in [0.3, 0.4) is 0 Å². The number of hydrogen-bond donors (Lipinski definition) is 1. The molecule has 6 nitrogen and oxygen atoms in total. The molecular weight excluding hydrogens is 246 g/mol. The third kappa shape index (κ3) is 2.98. The second kappa shape index (κ2) is 5.34. The van der Waals surface area contributed by atoms with Crippen LogP contribution in [0.4, 0.5) is 11.4 Å². The Balaban J connectivity index is 2.31. The van der Waals surface area contributed by atoms with Gasteiger partial charge in [-0.25, -0.2) is 4.98 Å². The van der Waals surface area contributed by atoms with Gasteiger partial charge in [0.05, 0.1) is 4.92 Å². The Morgan fingerprint density at radius 1 is 1.21 bits per heavy atom. The highest BCUT2D eigenvalue weighted by Crippen LogP contribution is 2.29. The molecule has 0 aliphatic heterocycles. The number of aryl methyl sites for hydroxylation is 1. The summed E-state index contributed by atoms with van der Waals surface area (Å²) in [5.41, 5.74) is 1.44. The first-order valence-corrected chi connectivity index (χ1v) is 5.68. The van der Waals surface area contributed by atoms with Gasteiger partial charge < -0.3 is 10.1 Å². The van der Waals surface area contributed by atoms with E-state index in [1.54, 1.807) is 25.1 Å². The van der Waals surface area contributed by atoms with Crippen molar-refractivity contribution < 1.29 is 9.66 Å². The number of nitrogens with zero attached hydrogens (tertiary/aromatic N) is 2. The molecule has 0 bridgehead atoms. The molecule has 6 heteroatoms. The number of nitrogens with one attached hydrogen (secondary N) is 1. The first kappa shape index (κ1) is 12.8. The third-order valence-corrected chi connectivity index (χ3v) is 2.53. The van der Waals surface area contributed by atoms with Crippen LogP contribution >= 0.6 is 0 Å². The summed E-state index contributed by atoms with van der Waals surface area (Å²) in [6.07, 6.45) is 0. The maximum absolute atomic E-state index is 10.9. The molecule has 0 saturated carbocycles. The number of anilines is 1. The first-order chi connectivity index (χ1) is 9.10. The van der Waals surface area contributed by atoms with Crippen molar-refractivity contribution in [3.05, 3.63) is 52.2 Å². The molecule has 1 heterocycles. The van der Waals surface area contributed by atoms with Crippen molar-refractivity contribution in [2.45, 2.75) is 6.92 Å². The summed E-state index contributed by atoms with van der Waals surface area (Å²) >= 11 is 0. The molecule has 1 N–H and O–H groups in total.